The van der Waals surface area contributed by atoms with Crippen molar-refractivity contribution >= 4 is 39.3 Å². The summed E-state index contributed by atoms with van der Waals surface area (Å²) in [5.74, 6) is 1.79. The molecule has 1 aliphatic carbocycles. The van der Waals surface area contributed by atoms with Crippen LogP contribution in [0.4, 0.5) is 0 Å². The number of carbonyl (C=O) groups is 1. The molecule has 1 saturated carbocycles. The molecule has 2 fully saturated rings. The highest BCUT2D eigenvalue weighted by Gasteiger charge is 2.30. The van der Waals surface area contributed by atoms with Crippen LogP contribution < -0.4 is 0 Å². The lowest BCUT2D eigenvalue weighted by Gasteiger charge is -2.34. The lowest BCUT2D eigenvalue weighted by atomic mass is 10.0. The van der Waals surface area contributed by atoms with Gasteiger partial charge in [0.15, 0.2) is 0 Å². The molecule has 1 N–H and O–H groups in total. The Morgan fingerprint density at radius 3 is 2.48 bits per heavy atom. The summed E-state index contributed by atoms with van der Waals surface area (Å²) in [5.41, 5.74) is 0. The predicted molar refractivity (Wildman–Crippen MR) is 120 cm³/mol. The summed E-state index contributed by atoms with van der Waals surface area (Å²) < 4.78 is 26.9. The van der Waals surface area contributed by atoms with Gasteiger partial charge in [0.1, 0.15) is 5.82 Å². The zero-order valence-corrected chi connectivity index (χ0v) is 19.6. The molecule has 0 radical (unpaired) electrons. The van der Waals surface area contributed by atoms with Crippen molar-refractivity contribution in [3.63, 3.8) is 0 Å². The largest absolute Gasteiger partial charge is 0.339 e. The van der Waals surface area contributed by atoms with Crippen molar-refractivity contribution in [2.75, 3.05) is 31.9 Å². The molecule has 0 unspecified atom stereocenters. The summed E-state index contributed by atoms with van der Waals surface area (Å²) in [4.78, 5) is 19.0. The number of aromatic amines is 1. The second-order valence-electron chi connectivity index (χ2n) is 7.95. The first-order chi connectivity index (χ1) is 14.9. The molecule has 4 rings (SSSR count). The number of amides is 1. The van der Waals surface area contributed by atoms with Crippen molar-refractivity contribution in [1.29, 1.82) is 0 Å². The fourth-order valence-corrected chi connectivity index (χ4v) is 6.34. The maximum absolute atomic E-state index is 12.8. The summed E-state index contributed by atoms with van der Waals surface area (Å²) in [6, 6.07) is 6.13. The average Bonchev–Trinajstić information content (AvgIpc) is 3.45. The molecular weight excluding hydrogens is 458 g/mol. The normalized spacial score (nSPS) is 18.5. The Labute approximate surface area is 191 Å². The van der Waals surface area contributed by atoms with Gasteiger partial charge < -0.3 is 4.90 Å². The van der Waals surface area contributed by atoms with Gasteiger partial charge >= 0.3 is 0 Å². The third kappa shape index (κ3) is 5.60. The molecular formula is C20H26ClN5O3S2. The monoisotopic (exact) mass is 483 g/mol. The number of nitrogens with one attached hydrogen (secondary N) is 1. The van der Waals surface area contributed by atoms with E-state index in [1.54, 1.807) is 17.0 Å². The fourth-order valence-electron chi connectivity index (χ4n) is 4.07. The van der Waals surface area contributed by atoms with Crippen LogP contribution in [-0.2, 0) is 21.2 Å². The number of carbonyl (C=O) groups excluding carboxylic acids is 1. The summed E-state index contributed by atoms with van der Waals surface area (Å²) in [5, 5.41) is 8.29. The molecule has 1 aromatic heterocycles. The second-order valence-corrected chi connectivity index (χ2v) is 11.3. The SMILES string of the molecule is O=C(CSc1n[nH]c(CC2CCCC2)n1)N1CCN(S(=O)(=O)c2ccc(Cl)cc2)CC1. The number of H-pyrrole nitrogens is 1. The molecule has 1 aliphatic heterocycles. The van der Waals surface area contributed by atoms with Crippen molar-refractivity contribution in [3.05, 3.63) is 35.1 Å². The van der Waals surface area contributed by atoms with Crippen molar-refractivity contribution < 1.29 is 13.2 Å². The zero-order valence-electron chi connectivity index (χ0n) is 17.2. The quantitative estimate of drug-likeness (QED) is 0.608. The number of benzene rings is 1. The minimum absolute atomic E-state index is 0.0318. The Balaban J connectivity index is 1.25. The number of hydrogen-bond donors (Lipinski definition) is 1. The molecule has 0 spiro atoms. The van der Waals surface area contributed by atoms with Gasteiger partial charge in [-0.2, -0.15) is 4.31 Å². The van der Waals surface area contributed by atoms with E-state index in [0.29, 0.717) is 29.2 Å². The minimum Gasteiger partial charge on any atom is -0.339 e. The Hall–Kier alpha value is -1.62. The van der Waals surface area contributed by atoms with Gasteiger partial charge in [-0.05, 0) is 30.2 Å². The van der Waals surface area contributed by atoms with E-state index in [1.807, 2.05) is 0 Å². The lowest BCUT2D eigenvalue weighted by molar-refractivity contribution is -0.129. The standard InChI is InChI=1S/C20H26ClN5O3S2/c21-16-5-7-17(8-6-16)31(28,29)26-11-9-25(10-12-26)19(27)14-30-20-22-18(23-24-20)13-15-3-1-2-4-15/h5-8,15H,1-4,9-14H2,(H,22,23,24). The lowest BCUT2D eigenvalue weighted by Crippen LogP contribution is -2.50. The topological polar surface area (TPSA) is 99.3 Å². The summed E-state index contributed by atoms with van der Waals surface area (Å²) >= 11 is 7.17. The van der Waals surface area contributed by atoms with Crippen molar-refractivity contribution in [3.8, 4) is 0 Å². The Kier molecular flexibility index (Phi) is 7.20. The van der Waals surface area contributed by atoms with Gasteiger partial charge in [0, 0.05) is 37.6 Å². The van der Waals surface area contributed by atoms with Gasteiger partial charge in [0.25, 0.3) is 0 Å². The van der Waals surface area contributed by atoms with Crippen molar-refractivity contribution in [2.24, 2.45) is 5.92 Å². The Morgan fingerprint density at radius 2 is 1.81 bits per heavy atom. The molecule has 0 bridgehead atoms. The van der Waals surface area contributed by atoms with Crippen molar-refractivity contribution in [1.82, 2.24) is 24.4 Å². The maximum Gasteiger partial charge on any atom is 0.243 e. The van der Waals surface area contributed by atoms with Crippen LogP contribution in [-0.4, -0.2) is 70.6 Å². The van der Waals surface area contributed by atoms with Crippen LogP contribution in [0.2, 0.25) is 5.02 Å². The van der Waals surface area contributed by atoms with Crippen LogP contribution in [0.15, 0.2) is 34.3 Å². The van der Waals surface area contributed by atoms with Gasteiger partial charge in [-0.15, -0.1) is 5.10 Å². The van der Waals surface area contributed by atoms with Gasteiger partial charge in [-0.1, -0.05) is 49.0 Å². The maximum atomic E-state index is 12.8. The molecule has 168 valence electrons. The van der Waals surface area contributed by atoms with E-state index in [9.17, 15) is 13.2 Å². The van der Waals surface area contributed by atoms with Gasteiger partial charge in [-0.3, -0.25) is 9.89 Å². The number of halogens is 1. The summed E-state index contributed by atoms with van der Waals surface area (Å²) in [6.45, 7) is 1.28. The van der Waals surface area contributed by atoms with E-state index in [0.717, 1.165) is 12.2 Å². The molecule has 11 heteroatoms. The molecule has 1 amide bonds. The van der Waals surface area contributed by atoms with E-state index >= 15 is 0 Å². The molecule has 2 aromatic rings. The molecule has 0 atom stereocenters. The van der Waals surface area contributed by atoms with E-state index in [1.165, 1.54) is 53.9 Å². The Morgan fingerprint density at radius 1 is 1.13 bits per heavy atom. The van der Waals surface area contributed by atoms with Crippen LogP contribution in [0.25, 0.3) is 0 Å². The van der Waals surface area contributed by atoms with Crippen molar-refractivity contribution in [2.45, 2.75) is 42.2 Å². The summed E-state index contributed by atoms with van der Waals surface area (Å²) in [6.07, 6.45) is 6.01. The minimum atomic E-state index is -3.58. The molecule has 8 nitrogen and oxygen atoms in total. The molecule has 2 aliphatic rings. The Bertz CT molecular complexity index is 998. The average molecular weight is 484 g/mol. The number of hydrogen-bond acceptors (Lipinski definition) is 6. The second kappa shape index (κ2) is 9.89. The van der Waals surface area contributed by atoms with E-state index in [-0.39, 0.29) is 29.6 Å². The van der Waals surface area contributed by atoms with Crippen LogP contribution in [0.3, 0.4) is 0 Å². The molecule has 1 saturated heterocycles. The molecule has 2 heterocycles. The number of piperazine rings is 1. The summed E-state index contributed by atoms with van der Waals surface area (Å²) in [7, 11) is -3.58. The van der Waals surface area contributed by atoms with Crippen LogP contribution in [0.5, 0.6) is 0 Å². The van der Waals surface area contributed by atoms with Gasteiger partial charge in [0.05, 0.1) is 10.6 Å². The number of thioether (sulfide) groups is 1. The number of aromatic nitrogens is 3. The van der Waals surface area contributed by atoms with Crippen LogP contribution >= 0.6 is 23.4 Å². The first-order valence-electron chi connectivity index (χ1n) is 10.5. The van der Waals surface area contributed by atoms with E-state index < -0.39 is 10.0 Å². The highest BCUT2D eigenvalue weighted by atomic mass is 35.5. The fraction of sp³-hybridized carbons (Fsp3) is 0.550. The van der Waals surface area contributed by atoms with Gasteiger partial charge in [0.2, 0.25) is 21.1 Å². The predicted octanol–water partition coefficient (Wildman–Crippen LogP) is 2.82. The van der Waals surface area contributed by atoms with Crippen LogP contribution in [0, 0.1) is 5.92 Å². The van der Waals surface area contributed by atoms with Crippen LogP contribution in [0.1, 0.15) is 31.5 Å². The first kappa shape index (κ1) is 22.6. The third-order valence-electron chi connectivity index (χ3n) is 5.84. The number of sulfonamides is 1. The van der Waals surface area contributed by atoms with Gasteiger partial charge in [-0.25, -0.2) is 13.4 Å². The number of nitrogens with zero attached hydrogens (tertiary/aromatic N) is 4. The highest BCUT2D eigenvalue weighted by molar-refractivity contribution is 7.99. The third-order valence-corrected chi connectivity index (χ3v) is 8.83. The molecule has 31 heavy (non-hydrogen) atoms. The zero-order chi connectivity index (χ0) is 21.8. The number of rotatable bonds is 7. The molecule has 1 aromatic carbocycles. The van der Waals surface area contributed by atoms with E-state index in [2.05, 4.69) is 15.2 Å². The smallest absolute Gasteiger partial charge is 0.243 e. The van der Waals surface area contributed by atoms with E-state index in [4.69, 9.17) is 11.6 Å². The first-order valence-corrected chi connectivity index (χ1v) is 13.3. The highest BCUT2D eigenvalue weighted by Crippen LogP contribution is 2.27.